The molecular formula is C16H23NO2. The van der Waals surface area contributed by atoms with E-state index in [9.17, 15) is 4.79 Å². The van der Waals surface area contributed by atoms with Crippen molar-refractivity contribution in [3.05, 3.63) is 42.0 Å². The van der Waals surface area contributed by atoms with Gasteiger partial charge in [-0.15, -0.1) is 0 Å². The highest BCUT2D eigenvalue weighted by atomic mass is 16.5. The van der Waals surface area contributed by atoms with Crippen LogP contribution in [-0.2, 0) is 9.53 Å². The predicted octanol–water partition coefficient (Wildman–Crippen LogP) is 3.01. The number of carbonyl (C=O) groups is 1. The minimum Gasteiger partial charge on any atom is -0.465 e. The Morgan fingerprint density at radius 2 is 2.00 bits per heavy atom. The normalized spacial score (nSPS) is 14.6. The van der Waals surface area contributed by atoms with E-state index in [1.807, 2.05) is 56.3 Å². The van der Waals surface area contributed by atoms with Crippen molar-refractivity contribution in [3.8, 4) is 0 Å². The molecule has 3 heteroatoms. The molecule has 0 unspecified atom stereocenters. The minimum absolute atomic E-state index is 0.0203. The van der Waals surface area contributed by atoms with E-state index in [2.05, 4.69) is 0 Å². The Bertz CT molecular complexity index is 426. The van der Waals surface area contributed by atoms with Gasteiger partial charge in [-0.05, 0) is 24.8 Å². The van der Waals surface area contributed by atoms with Crippen molar-refractivity contribution < 1.29 is 9.53 Å². The molecule has 0 saturated carbocycles. The molecule has 3 nitrogen and oxygen atoms in total. The molecule has 0 aliphatic carbocycles. The van der Waals surface area contributed by atoms with Crippen LogP contribution >= 0.6 is 0 Å². The van der Waals surface area contributed by atoms with E-state index in [4.69, 9.17) is 10.5 Å². The third-order valence-corrected chi connectivity index (χ3v) is 3.25. The summed E-state index contributed by atoms with van der Waals surface area (Å²) in [6.07, 6.45) is 4.38. The molecule has 0 amide bonds. The molecule has 19 heavy (non-hydrogen) atoms. The number of ether oxygens (including phenoxy) is 1. The van der Waals surface area contributed by atoms with Crippen LogP contribution in [0.25, 0.3) is 6.08 Å². The van der Waals surface area contributed by atoms with Crippen LogP contribution in [0.15, 0.2) is 36.4 Å². The molecule has 0 spiro atoms. The largest absolute Gasteiger partial charge is 0.465 e. The van der Waals surface area contributed by atoms with Gasteiger partial charge in [-0.3, -0.25) is 4.79 Å². The Labute approximate surface area is 115 Å². The van der Waals surface area contributed by atoms with Crippen molar-refractivity contribution in [1.29, 1.82) is 0 Å². The van der Waals surface area contributed by atoms with Crippen LogP contribution in [0.5, 0.6) is 0 Å². The van der Waals surface area contributed by atoms with Crippen molar-refractivity contribution >= 4 is 12.0 Å². The molecule has 0 heterocycles. The SMILES string of the molecule is CCOC(=O)[C@](N)(C/C=C/c1ccccc1)C(C)C. The van der Waals surface area contributed by atoms with Gasteiger partial charge in [0.2, 0.25) is 0 Å². The average molecular weight is 261 g/mol. The first-order chi connectivity index (χ1) is 9.00. The highest BCUT2D eigenvalue weighted by Gasteiger charge is 2.37. The maximum absolute atomic E-state index is 12.0. The fraction of sp³-hybridized carbons (Fsp3) is 0.438. The van der Waals surface area contributed by atoms with Crippen LogP contribution in [0.3, 0.4) is 0 Å². The average Bonchev–Trinajstić information content (AvgIpc) is 2.39. The Morgan fingerprint density at radius 1 is 1.37 bits per heavy atom. The maximum Gasteiger partial charge on any atom is 0.326 e. The van der Waals surface area contributed by atoms with E-state index in [0.29, 0.717) is 13.0 Å². The van der Waals surface area contributed by atoms with Gasteiger partial charge >= 0.3 is 5.97 Å². The number of benzene rings is 1. The number of hydrogen-bond acceptors (Lipinski definition) is 3. The van der Waals surface area contributed by atoms with E-state index >= 15 is 0 Å². The standard InChI is InChI=1S/C16H23NO2/c1-4-19-15(18)16(17,13(2)3)12-8-11-14-9-6-5-7-10-14/h5-11,13H,4,12,17H2,1-3H3/b11-8+/t16-/m0/s1. The molecule has 1 atom stereocenters. The van der Waals surface area contributed by atoms with Gasteiger partial charge in [-0.25, -0.2) is 0 Å². The van der Waals surface area contributed by atoms with E-state index < -0.39 is 5.54 Å². The molecule has 0 aromatic heterocycles. The molecular weight excluding hydrogens is 238 g/mol. The summed E-state index contributed by atoms with van der Waals surface area (Å²) in [6.45, 7) is 6.02. The van der Waals surface area contributed by atoms with Crippen molar-refractivity contribution in [2.24, 2.45) is 11.7 Å². The third-order valence-electron chi connectivity index (χ3n) is 3.25. The van der Waals surface area contributed by atoms with Gasteiger partial charge in [0.05, 0.1) is 6.61 Å². The van der Waals surface area contributed by atoms with Gasteiger partial charge in [-0.2, -0.15) is 0 Å². The topological polar surface area (TPSA) is 52.3 Å². The van der Waals surface area contributed by atoms with Gasteiger partial charge < -0.3 is 10.5 Å². The summed E-state index contributed by atoms with van der Waals surface area (Å²) in [7, 11) is 0. The van der Waals surface area contributed by atoms with Crippen LogP contribution in [0.1, 0.15) is 32.8 Å². The Kier molecular flexibility index (Phi) is 5.77. The maximum atomic E-state index is 12.0. The number of hydrogen-bond donors (Lipinski definition) is 1. The Balaban J connectivity index is 2.74. The highest BCUT2D eigenvalue weighted by molar-refractivity contribution is 5.81. The lowest BCUT2D eigenvalue weighted by atomic mass is 9.84. The molecule has 2 N–H and O–H groups in total. The zero-order valence-corrected chi connectivity index (χ0v) is 11.9. The van der Waals surface area contributed by atoms with E-state index in [1.165, 1.54) is 0 Å². The second-order valence-electron chi connectivity index (χ2n) is 4.93. The number of esters is 1. The van der Waals surface area contributed by atoms with Gasteiger partial charge in [0.1, 0.15) is 5.54 Å². The zero-order chi connectivity index (χ0) is 14.3. The summed E-state index contributed by atoms with van der Waals surface area (Å²) in [5.41, 5.74) is 6.35. The van der Waals surface area contributed by atoms with Crippen molar-refractivity contribution in [2.75, 3.05) is 6.61 Å². The molecule has 1 rings (SSSR count). The summed E-state index contributed by atoms with van der Waals surface area (Å²) in [6, 6.07) is 9.94. The van der Waals surface area contributed by atoms with Crippen LogP contribution in [0.2, 0.25) is 0 Å². The Hall–Kier alpha value is -1.61. The monoisotopic (exact) mass is 261 g/mol. The van der Waals surface area contributed by atoms with E-state index in [0.717, 1.165) is 5.56 Å². The van der Waals surface area contributed by atoms with E-state index in [1.54, 1.807) is 6.92 Å². The molecule has 0 radical (unpaired) electrons. The van der Waals surface area contributed by atoms with Crippen molar-refractivity contribution in [1.82, 2.24) is 0 Å². The smallest absolute Gasteiger partial charge is 0.326 e. The van der Waals surface area contributed by atoms with Crippen LogP contribution < -0.4 is 5.73 Å². The second-order valence-corrected chi connectivity index (χ2v) is 4.93. The second kappa shape index (κ2) is 7.10. The van der Waals surface area contributed by atoms with Crippen LogP contribution in [0.4, 0.5) is 0 Å². The summed E-state index contributed by atoms with van der Waals surface area (Å²) in [5, 5.41) is 0. The fourth-order valence-corrected chi connectivity index (χ4v) is 1.77. The first-order valence-electron chi connectivity index (χ1n) is 6.68. The summed E-state index contributed by atoms with van der Waals surface area (Å²) < 4.78 is 5.07. The molecule has 0 fully saturated rings. The molecule has 0 aliphatic heterocycles. The first kappa shape index (κ1) is 15.4. The molecule has 0 aliphatic rings. The Morgan fingerprint density at radius 3 is 2.53 bits per heavy atom. The summed E-state index contributed by atoms with van der Waals surface area (Å²) in [5.74, 6) is -0.310. The lowest BCUT2D eigenvalue weighted by Gasteiger charge is -2.29. The number of nitrogens with two attached hydrogens (primary N) is 1. The van der Waals surface area contributed by atoms with Crippen LogP contribution in [0, 0.1) is 5.92 Å². The van der Waals surface area contributed by atoms with Gasteiger partial charge in [0.25, 0.3) is 0 Å². The van der Waals surface area contributed by atoms with Gasteiger partial charge in [0.15, 0.2) is 0 Å². The highest BCUT2D eigenvalue weighted by Crippen LogP contribution is 2.21. The zero-order valence-electron chi connectivity index (χ0n) is 11.9. The summed E-state index contributed by atoms with van der Waals surface area (Å²) >= 11 is 0. The van der Waals surface area contributed by atoms with E-state index in [-0.39, 0.29) is 11.9 Å². The number of rotatable bonds is 6. The predicted molar refractivity (Wildman–Crippen MR) is 78.5 cm³/mol. The minimum atomic E-state index is -0.957. The summed E-state index contributed by atoms with van der Waals surface area (Å²) in [4.78, 5) is 12.0. The molecule has 0 bridgehead atoms. The lowest BCUT2D eigenvalue weighted by Crippen LogP contribution is -2.53. The molecule has 104 valence electrons. The van der Waals surface area contributed by atoms with Crippen LogP contribution in [-0.4, -0.2) is 18.1 Å². The first-order valence-corrected chi connectivity index (χ1v) is 6.68. The lowest BCUT2D eigenvalue weighted by molar-refractivity contribution is -0.151. The van der Waals surface area contributed by atoms with Crippen molar-refractivity contribution in [2.45, 2.75) is 32.7 Å². The molecule has 1 aromatic carbocycles. The van der Waals surface area contributed by atoms with Gasteiger partial charge in [-0.1, -0.05) is 56.3 Å². The molecule has 1 aromatic rings. The van der Waals surface area contributed by atoms with Crippen molar-refractivity contribution in [3.63, 3.8) is 0 Å². The quantitative estimate of drug-likeness (QED) is 0.801. The molecule has 0 saturated heterocycles. The fourth-order valence-electron chi connectivity index (χ4n) is 1.77. The third kappa shape index (κ3) is 4.21. The number of carbonyl (C=O) groups excluding carboxylic acids is 1. The van der Waals surface area contributed by atoms with Gasteiger partial charge in [0, 0.05) is 0 Å².